The Hall–Kier alpha value is -2.57. The quantitative estimate of drug-likeness (QED) is 0.830. The Balaban J connectivity index is 1.96. The van der Waals surface area contributed by atoms with Crippen LogP contribution in [0.15, 0.2) is 24.5 Å². The SMILES string of the molecule is COc1ccc(O)c(C(=O)NCCc2nncn2C)c1. The molecule has 0 aliphatic rings. The fraction of sp³-hybridized carbons (Fsp3) is 0.308. The molecule has 0 fully saturated rings. The number of benzene rings is 1. The Morgan fingerprint density at radius 2 is 2.30 bits per heavy atom. The van der Waals surface area contributed by atoms with Crippen LogP contribution in [0, 0.1) is 0 Å². The van der Waals surface area contributed by atoms with Gasteiger partial charge < -0.3 is 19.7 Å². The third-order valence-electron chi connectivity index (χ3n) is 2.89. The molecular formula is C13H16N4O3. The van der Waals surface area contributed by atoms with Crippen molar-refractivity contribution in [3.63, 3.8) is 0 Å². The van der Waals surface area contributed by atoms with Crippen LogP contribution in [-0.4, -0.2) is 39.4 Å². The second kappa shape index (κ2) is 6.05. The topological polar surface area (TPSA) is 89.3 Å². The summed E-state index contributed by atoms with van der Waals surface area (Å²) in [7, 11) is 3.34. The summed E-state index contributed by atoms with van der Waals surface area (Å²) in [5.41, 5.74) is 0.183. The first-order valence-electron chi connectivity index (χ1n) is 6.10. The van der Waals surface area contributed by atoms with E-state index in [0.717, 1.165) is 5.82 Å². The van der Waals surface area contributed by atoms with Crippen LogP contribution in [-0.2, 0) is 13.5 Å². The maximum Gasteiger partial charge on any atom is 0.255 e. The molecule has 0 spiro atoms. The molecule has 106 valence electrons. The van der Waals surface area contributed by atoms with Crippen molar-refractivity contribution in [2.75, 3.05) is 13.7 Å². The number of carbonyl (C=O) groups excluding carboxylic acids is 1. The molecule has 2 N–H and O–H groups in total. The van der Waals surface area contributed by atoms with Gasteiger partial charge in [0.15, 0.2) is 0 Å². The van der Waals surface area contributed by atoms with Crippen molar-refractivity contribution in [1.82, 2.24) is 20.1 Å². The van der Waals surface area contributed by atoms with E-state index in [1.807, 2.05) is 7.05 Å². The fourth-order valence-corrected chi connectivity index (χ4v) is 1.74. The zero-order valence-electron chi connectivity index (χ0n) is 11.3. The first-order valence-corrected chi connectivity index (χ1v) is 6.10. The van der Waals surface area contributed by atoms with Crippen molar-refractivity contribution in [3.05, 3.63) is 35.9 Å². The summed E-state index contributed by atoms with van der Waals surface area (Å²) in [5, 5.41) is 20.1. The van der Waals surface area contributed by atoms with E-state index in [4.69, 9.17) is 4.74 Å². The third kappa shape index (κ3) is 3.05. The molecule has 1 aromatic heterocycles. The van der Waals surface area contributed by atoms with Gasteiger partial charge in [0.25, 0.3) is 5.91 Å². The number of aromatic nitrogens is 3. The molecule has 0 saturated carbocycles. The van der Waals surface area contributed by atoms with E-state index in [9.17, 15) is 9.90 Å². The molecule has 0 aliphatic heterocycles. The molecule has 1 heterocycles. The van der Waals surface area contributed by atoms with E-state index in [0.29, 0.717) is 18.7 Å². The first-order chi connectivity index (χ1) is 9.61. The lowest BCUT2D eigenvalue weighted by molar-refractivity contribution is 0.0951. The van der Waals surface area contributed by atoms with Gasteiger partial charge in [-0.3, -0.25) is 4.79 Å². The van der Waals surface area contributed by atoms with E-state index >= 15 is 0 Å². The van der Waals surface area contributed by atoms with Crippen LogP contribution >= 0.6 is 0 Å². The average molecular weight is 276 g/mol. The van der Waals surface area contributed by atoms with Gasteiger partial charge in [0.05, 0.1) is 12.7 Å². The van der Waals surface area contributed by atoms with Gasteiger partial charge in [0.1, 0.15) is 23.7 Å². The molecule has 0 bridgehead atoms. The molecule has 7 heteroatoms. The lowest BCUT2D eigenvalue weighted by Gasteiger charge is -2.08. The number of methoxy groups -OCH3 is 1. The fourth-order valence-electron chi connectivity index (χ4n) is 1.74. The Bertz CT molecular complexity index is 609. The molecule has 20 heavy (non-hydrogen) atoms. The number of rotatable bonds is 5. The second-order valence-electron chi connectivity index (χ2n) is 4.25. The lowest BCUT2D eigenvalue weighted by Crippen LogP contribution is -2.26. The summed E-state index contributed by atoms with van der Waals surface area (Å²) in [5.74, 6) is 0.854. The maximum absolute atomic E-state index is 12.0. The van der Waals surface area contributed by atoms with Crippen molar-refractivity contribution in [2.45, 2.75) is 6.42 Å². The number of aromatic hydroxyl groups is 1. The van der Waals surface area contributed by atoms with Crippen LogP contribution in [0.2, 0.25) is 0 Å². The smallest absolute Gasteiger partial charge is 0.255 e. The molecule has 0 radical (unpaired) electrons. The highest BCUT2D eigenvalue weighted by molar-refractivity contribution is 5.97. The Kier molecular flexibility index (Phi) is 4.19. The van der Waals surface area contributed by atoms with Crippen molar-refractivity contribution in [3.8, 4) is 11.5 Å². The summed E-state index contributed by atoms with van der Waals surface area (Å²) >= 11 is 0. The predicted octanol–water partition coefficient (Wildman–Crippen LogP) is 0.502. The summed E-state index contributed by atoms with van der Waals surface area (Å²) in [6, 6.07) is 4.51. The summed E-state index contributed by atoms with van der Waals surface area (Å²) in [4.78, 5) is 12.0. The van der Waals surface area contributed by atoms with Gasteiger partial charge in [-0.05, 0) is 18.2 Å². The minimum atomic E-state index is -0.358. The highest BCUT2D eigenvalue weighted by Crippen LogP contribution is 2.22. The van der Waals surface area contributed by atoms with Gasteiger partial charge in [-0.25, -0.2) is 0 Å². The molecule has 0 atom stereocenters. The molecule has 2 rings (SSSR count). The van der Waals surface area contributed by atoms with Crippen LogP contribution < -0.4 is 10.1 Å². The van der Waals surface area contributed by atoms with Crippen LogP contribution in [0.4, 0.5) is 0 Å². The summed E-state index contributed by atoms with van der Waals surface area (Å²) in [6.45, 7) is 0.405. The molecule has 0 aliphatic carbocycles. The Morgan fingerprint density at radius 3 is 2.95 bits per heavy atom. The number of nitrogens with zero attached hydrogens (tertiary/aromatic N) is 3. The van der Waals surface area contributed by atoms with E-state index < -0.39 is 0 Å². The minimum Gasteiger partial charge on any atom is -0.507 e. The maximum atomic E-state index is 12.0. The van der Waals surface area contributed by atoms with Crippen molar-refractivity contribution >= 4 is 5.91 Å². The highest BCUT2D eigenvalue weighted by atomic mass is 16.5. The van der Waals surface area contributed by atoms with Gasteiger partial charge in [-0.15, -0.1) is 10.2 Å². The molecule has 1 aromatic carbocycles. The number of hydrogen-bond acceptors (Lipinski definition) is 5. The standard InChI is InChI=1S/C13H16N4O3/c1-17-8-15-16-12(17)5-6-14-13(19)10-7-9(20-2)3-4-11(10)18/h3-4,7-8,18H,5-6H2,1-2H3,(H,14,19). The number of hydrogen-bond donors (Lipinski definition) is 2. The number of aryl methyl sites for hydroxylation is 1. The number of nitrogens with one attached hydrogen (secondary N) is 1. The minimum absolute atomic E-state index is 0.0815. The molecular weight excluding hydrogens is 260 g/mol. The monoisotopic (exact) mass is 276 g/mol. The highest BCUT2D eigenvalue weighted by Gasteiger charge is 2.12. The molecule has 2 aromatic rings. The van der Waals surface area contributed by atoms with Crippen LogP contribution in [0.5, 0.6) is 11.5 Å². The Morgan fingerprint density at radius 1 is 1.50 bits per heavy atom. The first kappa shape index (κ1) is 13.9. The van der Waals surface area contributed by atoms with Gasteiger partial charge in [0, 0.05) is 20.0 Å². The van der Waals surface area contributed by atoms with Gasteiger partial charge >= 0.3 is 0 Å². The number of phenols is 1. The zero-order valence-corrected chi connectivity index (χ0v) is 11.3. The zero-order chi connectivity index (χ0) is 14.5. The van der Waals surface area contributed by atoms with Crippen LogP contribution in [0.3, 0.4) is 0 Å². The molecule has 0 saturated heterocycles. The van der Waals surface area contributed by atoms with Crippen LogP contribution in [0.1, 0.15) is 16.2 Å². The largest absolute Gasteiger partial charge is 0.507 e. The van der Waals surface area contributed by atoms with E-state index in [-0.39, 0.29) is 17.2 Å². The number of phenolic OH excluding ortho intramolecular Hbond substituents is 1. The number of ether oxygens (including phenoxy) is 1. The van der Waals surface area contributed by atoms with E-state index in [1.54, 1.807) is 17.0 Å². The van der Waals surface area contributed by atoms with Gasteiger partial charge in [-0.1, -0.05) is 0 Å². The average Bonchev–Trinajstić information content (AvgIpc) is 2.85. The van der Waals surface area contributed by atoms with Crippen LogP contribution in [0.25, 0.3) is 0 Å². The summed E-state index contributed by atoms with van der Waals surface area (Å²) < 4.78 is 6.81. The Labute approximate surface area is 116 Å². The molecule has 7 nitrogen and oxygen atoms in total. The van der Waals surface area contributed by atoms with Crippen molar-refractivity contribution < 1.29 is 14.6 Å². The molecule has 1 amide bonds. The summed E-state index contributed by atoms with van der Waals surface area (Å²) in [6.07, 6.45) is 2.16. The number of amides is 1. The predicted molar refractivity (Wildman–Crippen MR) is 71.7 cm³/mol. The van der Waals surface area contributed by atoms with E-state index in [1.165, 1.54) is 19.2 Å². The van der Waals surface area contributed by atoms with E-state index in [2.05, 4.69) is 15.5 Å². The van der Waals surface area contributed by atoms with Gasteiger partial charge in [-0.2, -0.15) is 0 Å². The van der Waals surface area contributed by atoms with Gasteiger partial charge in [0.2, 0.25) is 0 Å². The van der Waals surface area contributed by atoms with Crippen molar-refractivity contribution in [2.24, 2.45) is 7.05 Å². The molecule has 0 unspecified atom stereocenters. The number of carbonyl (C=O) groups is 1. The normalized spacial score (nSPS) is 10.3. The lowest BCUT2D eigenvalue weighted by atomic mass is 10.1. The third-order valence-corrected chi connectivity index (χ3v) is 2.89. The second-order valence-corrected chi connectivity index (χ2v) is 4.25. The van der Waals surface area contributed by atoms with Crippen molar-refractivity contribution in [1.29, 1.82) is 0 Å².